The Balaban J connectivity index is 1.95. The number of aryl methyl sites for hydroxylation is 1. The van der Waals surface area contributed by atoms with Gasteiger partial charge in [0.2, 0.25) is 0 Å². The lowest BCUT2D eigenvalue weighted by atomic mass is 10.0. The second kappa shape index (κ2) is 7.90. The van der Waals surface area contributed by atoms with E-state index in [2.05, 4.69) is 4.98 Å². The van der Waals surface area contributed by atoms with Crippen molar-refractivity contribution < 1.29 is 23.1 Å². The van der Waals surface area contributed by atoms with E-state index in [4.69, 9.17) is 0 Å². The molecule has 2 aromatic heterocycles. The summed E-state index contributed by atoms with van der Waals surface area (Å²) < 4.78 is 42.6. The number of alkyl halides is 3. The first kappa shape index (κ1) is 22.8. The van der Waals surface area contributed by atoms with Crippen molar-refractivity contribution in [2.24, 2.45) is 7.05 Å². The number of nitrogens with one attached hydrogen (secondary N) is 1. The fraction of sp³-hybridized carbons (Fsp3) is 0.182. The van der Waals surface area contributed by atoms with E-state index in [9.17, 15) is 37.5 Å². The molecule has 0 atom stereocenters. The average molecular weight is 473 g/mol. The number of hydrogen-bond donors (Lipinski definition) is 1. The maximum atomic E-state index is 13.3. The maximum absolute atomic E-state index is 13.3. The first-order chi connectivity index (χ1) is 15.9. The average Bonchev–Trinajstić information content (AvgIpc) is 3.04. The van der Waals surface area contributed by atoms with Crippen molar-refractivity contribution >= 4 is 17.0 Å². The highest BCUT2D eigenvalue weighted by molar-refractivity contribution is 5.85. The van der Waals surface area contributed by atoms with E-state index in [0.717, 1.165) is 22.9 Å². The van der Waals surface area contributed by atoms with Crippen LogP contribution in [-0.2, 0) is 19.8 Å². The number of carbonyl (C=O) groups is 1. The minimum atomic E-state index is -4.65. The molecule has 0 bridgehead atoms. The highest BCUT2D eigenvalue weighted by atomic mass is 19.4. The standard InChI is InChI=1S/C22H17F3N4O5/c1-11-12(4-3-5-15(11)22(23,24)25)9-29-18(30)14(19(31)32)10-28(21(29)34)13-6-7-16-17(8-13)27(2)20(33)26-16/h3-8,10H,9H2,1-2H3,(H,26,33)(H,31,32)/p-1. The normalized spacial score (nSPS) is 11.8. The number of halogens is 3. The van der Waals surface area contributed by atoms with Crippen LogP contribution in [0, 0.1) is 6.92 Å². The summed E-state index contributed by atoms with van der Waals surface area (Å²) in [4.78, 5) is 52.0. The zero-order valence-corrected chi connectivity index (χ0v) is 17.8. The first-order valence-electron chi connectivity index (χ1n) is 9.83. The van der Waals surface area contributed by atoms with Crippen molar-refractivity contribution in [3.05, 3.63) is 96.2 Å². The second-order valence-corrected chi connectivity index (χ2v) is 7.65. The van der Waals surface area contributed by atoms with Crippen LogP contribution >= 0.6 is 0 Å². The van der Waals surface area contributed by atoms with Crippen LogP contribution in [-0.4, -0.2) is 24.7 Å². The molecule has 0 saturated carbocycles. The Kier molecular flexibility index (Phi) is 5.31. The Labute approximate surface area is 187 Å². The maximum Gasteiger partial charge on any atom is 0.416 e. The number of carbonyl (C=O) groups excluding carboxylic acids is 1. The molecule has 4 rings (SSSR count). The topological polar surface area (TPSA) is 122 Å². The molecule has 0 aliphatic heterocycles. The third-order valence-electron chi connectivity index (χ3n) is 5.64. The van der Waals surface area contributed by atoms with E-state index in [1.165, 1.54) is 42.8 Å². The van der Waals surface area contributed by atoms with Crippen LogP contribution in [0.15, 0.2) is 57.0 Å². The number of nitrogens with zero attached hydrogens (tertiary/aromatic N) is 3. The van der Waals surface area contributed by atoms with Gasteiger partial charge in [-0.15, -0.1) is 0 Å². The molecule has 9 nitrogen and oxygen atoms in total. The van der Waals surface area contributed by atoms with Crippen LogP contribution in [0.25, 0.3) is 16.7 Å². The predicted molar refractivity (Wildman–Crippen MR) is 113 cm³/mol. The highest BCUT2D eigenvalue weighted by Crippen LogP contribution is 2.33. The molecule has 0 spiro atoms. The summed E-state index contributed by atoms with van der Waals surface area (Å²) in [5, 5.41) is 11.6. The van der Waals surface area contributed by atoms with Crippen LogP contribution in [0.2, 0.25) is 0 Å². The number of carboxylic acid groups (broad SMARTS) is 1. The van der Waals surface area contributed by atoms with Crippen LogP contribution in [0.5, 0.6) is 0 Å². The molecule has 0 saturated heterocycles. The summed E-state index contributed by atoms with van der Waals surface area (Å²) in [6.45, 7) is 0.601. The summed E-state index contributed by atoms with van der Waals surface area (Å²) in [6, 6.07) is 7.66. The van der Waals surface area contributed by atoms with Gasteiger partial charge in [-0.05, 0) is 42.3 Å². The molecule has 0 radical (unpaired) electrons. The van der Waals surface area contributed by atoms with Crippen molar-refractivity contribution in [3.63, 3.8) is 0 Å². The Morgan fingerprint density at radius 2 is 1.82 bits per heavy atom. The molecule has 176 valence electrons. The number of rotatable bonds is 4. The van der Waals surface area contributed by atoms with Gasteiger partial charge in [-0.2, -0.15) is 13.2 Å². The molecule has 2 aromatic carbocycles. The number of hydrogen-bond acceptors (Lipinski definition) is 5. The van der Waals surface area contributed by atoms with E-state index >= 15 is 0 Å². The van der Waals surface area contributed by atoms with Gasteiger partial charge in [-0.1, -0.05) is 12.1 Å². The zero-order chi connectivity index (χ0) is 24.9. The highest BCUT2D eigenvalue weighted by Gasteiger charge is 2.33. The summed E-state index contributed by atoms with van der Waals surface area (Å²) in [5.41, 5.74) is -3.60. The Hall–Kier alpha value is -4.35. The minimum absolute atomic E-state index is 0.0135. The van der Waals surface area contributed by atoms with Gasteiger partial charge in [0, 0.05) is 13.2 Å². The van der Waals surface area contributed by atoms with Gasteiger partial charge in [0.1, 0.15) is 0 Å². The molecule has 1 N–H and O–H groups in total. The fourth-order valence-electron chi connectivity index (χ4n) is 3.76. The molecule has 0 fully saturated rings. The zero-order valence-electron chi connectivity index (χ0n) is 17.8. The van der Waals surface area contributed by atoms with Crippen molar-refractivity contribution in [3.8, 4) is 5.69 Å². The monoisotopic (exact) mass is 473 g/mol. The summed E-state index contributed by atoms with van der Waals surface area (Å²) in [5.74, 6) is -1.86. The van der Waals surface area contributed by atoms with Crippen molar-refractivity contribution in [2.45, 2.75) is 19.6 Å². The van der Waals surface area contributed by atoms with Crippen LogP contribution in [0.1, 0.15) is 27.0 Å². The number of H-pyrrole nitrogens is 1. The molecule has 4 aromatic rings. The summed E-state index contributed by atoms with van der Waals surface area (Å²) in [6.07, 6.45) is -3.86. The van der Waals surface area contributed by atoms with E-state index in [0.29, 0.717) is 15.6 Å². The summed E-state index contributed by atoms with van der Waals surface area (Å²) in [7, 11) is 1.48. The van der Waals surface area contributed by atoms with Gasteiger partial charge >= 0.3 is 17.6 Å². The minimum Gasteiger partial charge on any atom is -0.545 e. The lowest BCUT2D eigenvalue weighted by Crippen LogP contribution is -2.44. The van der Waals surface area contributed by atoms with E-state index in [-0.39, 0.29) is 16.8 Å². The molecule has 12 heteroatoms. The Bertz CT molecular complexity index is 1640. The molecule has 0 amide bonds. The SMILES string of the molecule is Cc1c(Cn2c(=O)c(C(=O)[O-])cn(-c3ccc4[nH]c(=O)n(C)c4c3)c2=O)cccc1C(F)(F)F. The van der Waals surface area contributed by atoms with E-state index in [1.54, 1.807) is 0 Å². The first-order valence-corrected chi connectivity index (χ1v) is 9.83. The third kappa shape index (κ3) is 3.72. The van der Waals surface area contributed by atoms with Gasteiger partial charge in [0.05, 0.1) is 40.4 Å². The van der Waals surface area contributed by atoms with Crippen LogP contribution in [0.3, 0.4) is 0 Å². The molecular formula is C22H16F3N4O5-. The number of aromatic nitrogens is 4. The fourth-order valence-corrected chi connectivity index (χ4v) is 3.76. The molecule has 0 unspecified atom stereocenters. The van der Waals surface area contributed by atoms with Crippen molar-refractivity contribution in [1.29, 1.82) is 0 Å². The Morgan fingerprint density at radius 1 is 1.12 bits per heavy atom. The lowest BCUT2D eigenvalue weighted by molar-refractivity contribution is -0.255. The Morgan fingerprint density at radius 3 is 2.47 bits per heavy atom. The molecule has 0 aliphatic carbocycles. The van der Waals surface area contributed by atoms with Crippen LogP contribution < -0.4 is 22.0 Å². The lowest BCUT2D eigenvalue weighted by Gasteiger charge is -2.17. The van der Waals surface area contributed by atoms with Gasteiger partial charge in [0.15, 0.2) is 0 Å². The number of aromatic carboxylic acids is 1. The van der Waals surface area contributed by atoms with Gasteiger partial charge in [-0.25, -0.2) is 9.59 Å². The smallest absolute Gasteiger partial charge is 0.416 e. The molecule has 0 aliphatic rings. The third-order valence-corrected chi connectivity index (χ3v) is 5.64. The van der Waals surface area contributed by atoms with Crippen LogP contribution in [0.4, 0.5) is 13.2 Å². The number of carboxylic acids is 1. The van der Waals surface area contributed by atoms with Gasteiger partial charge in [0.25, 0.3) is 5.56 Å². The number of fused-ring (bicyclic) bond motifs is 1. The largest absolute Gasteiger partial charge is 0.545 e. The quantitative estimate of drug-likeness (QED) is 0.472. The summed E-state index contributed by atoms with van der Waals surface area (Å²) >= 11 is 0. The van der Waals surface area contributed by atoms with E-state index < -0.39 is 46.8 Å². The number of aromatic amines is 1. The van der Waals surface area contributed by atoms with Crippen molar-refractivity contribution in [1.82, 2.24) is 18.7 Å². The molecule has 34 heavy (non-hydrogen) atoms. The number of benzene rings is 2. The number of imidazole rings is 1. The predicted octanol–water partition coefficient (Wildman–Crippen LogP) is 0.918. The van der Waals surface area contributed by atoms with Crippen molar-refractivity contribution in [2.75, 3.05) is 0 Å². The van der Waals surface area contributed by atoms with Gasteiger partial charge < -0.3 is 14.9 Å². The van der Waals surface area contributed by atoms with E-state index in [1.807, 2.05) is 0 Å². The second-order valence-electron chi connectivity index (χ2n) is 7.65. The van der Waals surface area contributed by atoms with Gasteiger partial charge in [-0.3, -0.25) is 18.5 Å². The molecule has 2 heterocycles. The molecular weight excluding hydrogens is 457 g/mol.